The highest BCUT2D eigenvalue weighted by Gasteiger charge is 2.33. The molecule has 1 aliphatic rings. The van der Waals surface area contributed by atoms with Crippen molar-refractivity contribution < 1.29 is 0 Å². The molecule has 29 heavy (non-hydrogen) atoms. The van der Waals surface area contributed by atoms with E-state index in [1.54, 1.807) is 0 Å². The topological polar surface area (TPSA) is 70.8 Å². The van der Waals surface area contributed by atoms with E-state index in [2.05, 4.69) is 40.7 Å². The van der Waals surface area contributed by atoms with E-state index in [4.69, 9.17) is 15.7 Å². The molecule has 0 aliphatic heterocycles. The van der Waals surface area contributed by atoms with Crippen molar-refractivity contribution in [2.45, 2.75) is 50.6 Å². The van der Waals surface area contributed by atoms with Gasteiger partial charge in [0.15, 0.2) is 0 Å². The van der Waals surface area contributed by atoms with Crippen LogP contribution in [0, 0.1) is 0 Å². The number of rotatable bonds is 9. The molecule has 2 heterocycles. The van der Waals surface area contributed by atoms with Crippen LogP contribution in [0.3, 0.4) is 0 Å². The first-order valence-electron chi connectivity index (χ1n) is 10.8. The highest BCUT2D eigenvalue weighted by atomic mass is 15.2. The Labute approximate surface area is 173 Å². The average Bonchev–Trinajstić information content (AvgIpc) is 3.19. The zero-order valence-electron chi connectivity index (χ0n) is 17.1. The third-order valence-electron chi connectivity index (χ3n) is 5.95. The third kappa shape index (κ3) is 4.26. The molecule has 1 unspecified atom stereocenters. The standard InChI is InChI=1S/C24H31N5/c1-2-9-22(24-27-19-12-3-4-13-20(19)28-24)29(17-6-5-15-25)21-14-7-10-18-11-8-16-26-23(18)21/h2-4,8,11-13,16,21-22H,1,5-7,9-10,14-15,17,25H2,(H,27,28)/t21?,22-/m0/s1. The highest BCUT2D eigenvalue weighted by Crippen LogP contribution is 2.39. The molecule has 4 rings (SSSR count). The van der Waals surface area contributed by atoms with Crippen molar-refractivity contribution in [2.24, 2.45) is 5.73 Å². The van der Waals surface area contributed by atoms with Gasteiger partial charge in [-0.25, -0.2) is 4.98 Å². The van der Waals surface area contributed by atoms with Crippen molar-refractivity contribution in [1.82, 2.24) is 19.9 Å². The second kappa shape index (κ2) is 9.33. The van der Waals surface area contributed by atoms with Crippen molar-refractivity contribution in [3.8, 4) is 0 Å². The van der Waals surface area contributed by atoms with Crippen LogP contribution in [0.4, 0.5) is 0 Å². The second-order valence-corrected chi connectivity index (χ2v) is 7.87. The van der Waals surface area contributed by atoms with Gasteiger partial charge in [0.25, 0.3) is 0 Å². The number of pyridine rings is 1. The Hall–Kier alpha value is -2.50. The first-order valence-corrected chi connectivity index (χ1v) is 10.8. The number of benzene rings is 1. The molecule has 1 aromatic carbocycles. The molecule has 0 spiro atoms. The Morgan fingerprint density at radius 1 is 1.24 bits per heavy atom. The zero-order chi connectivity index (χ0) is 20.1. The van der Waals surface area contributed by atoms with E-state index in [1.807, 2.05) is 24.4 Å². The van der Waals surface area contributed by atoms with Crippen molar-refractivity contribution in [3.05, 3.63) is 72.3 Å². The lowest BCUT2D eigenvalue weighted by atomic mass is 9.89. The van der Waals surface area contributed by atoms with Crippen LogP contribution in [-0.4, -0.2) is 32.9 Å². The summed E-state index contributed by atoms with van der Waals surface area (Å²) in [4.78, 5) is 15.9. The largest absolute Gasteiger partial charge is 0.341 e. The van der Waals surface area contributed by atoms with Gasteiger partial charge >= 0.3 is 0 Å². The first kappa shape index (κ1) is 19.8. The summed E-state index contributed by atoms with van der Waals surface area (Å²) in [6, 6.07) is 13.0. The zero-order valence-corrected chi connectivity index (χ0v) is 17.1. The van der Waals surface area contributed by atoms with E-state index in [1.165, 1.54) is 17.7 Å². The van der Waals surface area contributed by atoms with Gasteiger partial charge in [-0.2, -0.15) is 0 Å². The maximum absolute atomic E-state index is 5.80. The van der Waals surface area contributed by atoms with Gasteiger partial charge in [-0.15, -0.1) is 6.58 Å². The quantitative estimate of drug-likeness (QED) is 0.411. The second-order valence-electron chi connectivity index (χ2n) is 7.87. The normalized spacial score (nSPS) is 17.4. The number of aromatic nitrogens is 3. The molecule has 0 fully saturated rings. The number of aromatic amines is 1. The molecule has 0 saturated carbocycles. The van der Waals surface area contributed by atoms with E-state index in [9.17, 15) is 0 Å². The third-order valence-corrected chi connectivity index (χ3v) is 5.95. The average molecular weight is 390 g/mol. The number of nitrogens with one attached hydrogen (secondary N) is 1. The number of hydrogen-bond donors (Lipinski definition) is 2. The molecule has 2 atom stereocenters. The van der Waals surface area contributed by atoms with Gasteiger partial charge in [0.05, 0.1) is 28.8 Å². The van der Waals surface area contributed by atoms with Gasteiger partial charge in [0.1, 0.15) is 5.82 Å². The number of hydrogen-bond acceptors (Lipinski definition) is 4. The number of nitrogens with two attached hydrogens (primary N) is 1. The van der Waals surface area contributed by atoms with Crippen LogP contribution in [0.15, 0.2) is 55.3 Å². The Balaban J connectivity index is 1.72. The lowest BCUT2D eigenvalue weighted by Gasteiger charge is -2.39. The smallest absolute Gasteiger partial charge is 0.125 e. The highest BCUT2D eigenvalue weighted by molar-refractivity contribution is 5.74. The molecule has 0 saturated heterocycles. The maximum Gasteiger partial charge on any atom is 0.125 e. The van der Waals surface area contributed by atoms with E-state index in [-0.39, 0.29) is 6.04 Å². The first-order chi connectivity index (χ1) is 14.3. The molecule has 0 bridgehead atoms. The molecular weight excluding hydrogens is 358 g/mol. The minimum Gasteiger partial charge on any atom is -0.341 e. The van der Waals surface area contributed by atoms with Crippen molar-refractivity contribution >= 4 is 11.0 Å². The predicted octanol–water partition coefficient (Wildman–Crippen LogP) is 4.69. The van der Waals surface area contributed by atoms with Gasteiger partial charge in [-0.1, -0.05) is 24.3 Å². The van der Waals surface area contributed by atoms with Crippen molar-refractivity contribution in [1.29, 1.82) is 0 Å². The molecule has 3 aromatic rings. The van der Waals surface area contributed by atoms with Crippen molar-refractivity contribution in [3.63, 3.8) is 0 Å². The maximum atomic E-state index is 5.80. The van der Waals surface area contributed by atoms with Crippen LogP contribution in [0.25, 0.3) is 11.0 Å². The summed E-state index contributed by atoms with van der Waals surface area (Å²) in [5.74, 6) is 1.02. The van der Waals surface area contributed by atoms with Gasteiger partial charge in [0.2, 0.25) is 0 Å². The van der Waals surface area contributed by atoms with E-state index in [0.717, 1.165) is 62.1 Å². The van der Waals surface area contributed by atoms with Gasteiger partial charge < -0.3 is 10.7 Å². The van der Waals surface area contributed by atoms with Gasteiger partial charge in [0, 0.05) is 6.20 Å². The van der Waals surface area contributed by atoms with Crippen LogP contribution in [0.5, 0.6) is 0 Å². The van der Waals surface area contributed by atoms with Crippen LogP contribution < -0.4 is 5.73 Å². The molecule has 0 radical (unpaired) electrons. The molecule has 5 heteroatoms. The van der Waals surface area contributed by atoms with E-state index in [0.29, 0.717) is 6.04 Å². The SMILES string of the molecule is C=CC[C@@H](c1nc2ccccc2[nH]1)N(CCCCN)C1CCCc2cccnc21. The lowest BCUT2D eigenvalue weighted by molar-refractivity contribution is 0.109. The number of aryl methyl sites for hydroxylation is 1. The Bertz CT molecular complexity index is 914. The number of nitrogens with zero attached hydrogens (tertiary/aromatic N) is 3. The summed E-state index contributed by atoms with van der Waals surface area (Å²) < 4.78 is 0. The minimum absolute atomic E-state index is 0.149. The molecular formula is C24H31N5. The summed E-state index contributed by atoms with van der Waals surface area (Å²) in [5.41, 5.74) is 10.5. The Morgan fingerprint density at radius 3 is 2.97 bits per heavy atom. The van der Waals surface area contributed by atoms with Crippen LogP contribution in [0.2, 0.25) is 0 Å². The number of unbranched alkanes of at least 4 members (excludes halogenated alkanes) is 1. The number of fused-ring (bicyclic) bond motifs is 2. The Kier molecular flexibility index (Phi) is 6.37. The van der Waals surface area contributed by atoms with Crippen LogP contribution in [0.1, 0.15) is 61.3 Å². The van der Waals surface area contributed by atoms with Gasteiger partial charge in [-0.05, 0) is 75.4 Å². The number of H-pyrrole nitrogens is 1. The molecule has 2 aromatic heterocycles. The number of para-hydroxylation sites is 2. The van der Waals surface area contributed by atoms with Crippen LogP contribution in [-0.2, 0) is 6.42 Å². The molecule has 152 valence electrons. The summed E-state index contributed by atoms with van der Waals surface area (Å²) in [7, 11) is 0. The fourth-order valence-electron chi connectivity index (χ4n) is 4.57. The summed E-state index contributed by atoms with van der Waals surface area (Å²) in [6.07, 6.45) is 10.3. The van der Waals surface area contributed by atoms with Gasteiger partial charge in [-0.3, -0.25) is 9.88 Å². The Morgan fingerprint density at radius 2 is 2.14 bits per heavy atom. The van der Waals surface area contributed by atoms with E-state index >= 15 is 0 Å². The molecule has 1 aliphatic carbocycles. The van der Waals surface area contributed by atoms with Crippen molar-refractivity contribution in [2.75, 3.05) is 13.1 Å². The number of imidazole rings is 1. The summed E-state index contributed by atoms with van der Waals surface area (Å²) in [5, 5.41) is 0. The lowest BCUT2D eigenvalue weighted by Crippen LogP contribution is -2.36. The fraction of sp³-hybridized carbons (Fsp3) is 0.417. The fourth-order valence-corrected chi connectivity index (χ4v) is 4.57. The van der Waals surface area contributed by atoms with E-state index < -0.39 is 0 Å². The summed E-state index contributed by atoms with van der Waals surface area (Å²) in [6.45, 7) is 5.75. The monoisotopic (exact) mass is 389 g/mol. The molecule has 5 nitrogen and oxygen atoms in total. The summed E-state index contributed by atoms with van der Waals surface area (Å²) >= 11 is 0. The molecule has 3 N–H and O–H groups in total. The van der Waals surface area contributed by atoms with Crippen LogP contribution >= 0.6 is 0 Å². The molecule has 0 amide bonds. The minimum atomic E-state index is 0.149. The predicted molar refractivity (Wildman–Crippen MR) is 119 cm³/mol.